The van der Waals surface area contributed by atoms with Gasteiger partial charge in [-0.1, -0.05) is 30.3 Å². The van der Waals surface area contributed by atoms with Gasteiger partial charge in [0.1, 0.15) is 5.69 Å². The molecule has 3 aromatic rings. The van der Waals surface area contributed by atoms with Gasteiger partial charge in [0.05, 0.1) is 11.9 Å². The van der Waals surface area contributed by atoms with E-state index < -0.39 is 0 Å². The molecular weight excluding hydrogens is 360 g/mol. The summed E-state index contributed by atoms with van der Waals surface area (Å²) in [6.45, 7) is 5.20. The number of aryl methyl sites for hydroxylation is 1. The van der Waals surface area contributed by atoms with Crippen LogP contribution in [0.5, 0.6) is 0 Å². The molecule has 1 amide bonds. The molecule has 1 aromatic heterocycles. The van der Waals surface area contributed by atoms with Gasteiger partial charge in [0, 0.05) is 44.6 Å². The molecule has 1 saturated heterocycles. The monoisotopic (exact) mass is 386 g/mol. The largest absolute Gasteiger partial charge is 0.368 e. The molecule has 0 bridgehead atoms. The Morgan fingerprint density at radius 2 is 1.66 bits per heavy atom. The standard InChI is InChI=1S/C24H26N4O/c1-19-7-6-10-21(17-19)27-13-15-28(16-14-27)24(29)23-12-11-22(18-25-23)26(2)20-8-4-3-5-9-20/h3-12,17-18H,13-16H2,1-2H3. The van der Waals surface area contributed by atoms with Crippen LogP contribution < -0.4 is 9.80 Å². The summed E-state index contributed by atoms with van der Waals surface area (Å²) in [6, 6.07) is 22.4. The van der Waals surface area contributed by atoms with E-state index in [0.717, 1.165) is 24.5 Å². The Morgan fingerprint density at radius 3 is 2.31 bits per heavy atom. The first kappa shape index (κ1) is 19.0. The summed E-state index contributed by atoms with van der Waals surface area (Å²) in [5.74, 6) is 0.00260. The Bertz CT molecular complexity index is 964. The van der Waals surface area contributed by atoms with Crippen LogP contribution in [0.25, 0.3) is 0 Å². The molecule has 0 saturated carbocycles. The number of hydrogen-bond donors (Lipinski definition) is 0. The van der Waals surface area contributed by atoms with Crippen molar-refractivity contribution in [2.24, 2.45) is 0 Å². The molecule has 2 heterocycles. The minimum atomic E-state index is 0.00260. The van der Waals surface area contributed by atoms with E-state index in [1.165, 1.54) is 11.3 Å². The van der Waals surface area contributed by atoms with Crippen LogP contribution in [-0.4, -0.2) is 49.0 Å². The lowest BCUT2D eigenvalue weighted by Crippen LogP contribution is -2.49. The van der Waals surface area contributed by atoms with E-state index in [0.29, 0.717) is 18.8 Å². The molecule has 0 aliphatic carbocycles. The number of pyridine rings is 1. The molecule has 0 unspecified atom stereocenters. The van der Waals surface area contributed by atoms with E-state index >= 15 is 0 Å². The summed E-state index contributed by atoms with van der Waals surface area (Å²) < 4.78 is 0. The number of nitrogens with zero attached hydrogens (tertiary/aromatic N) is 4. The predicted molar refractivity (Wildman–Crippen MR) is 118 cm³/mol. The van der Waals surface area contributed by atoms with Crippen molar-refractivity contribution in [1.29, 1.82) is 0 Å². The van der Waals surface area contributed by atoms with Gasteiger partial charge in [-0.25, -0.2) is 4.98 Å². The number of carbonyl (C=O) groups is 1. The first-order valence-corrected chi connectivity index (χ1v) is 9.97. The van der Waals surface area contributed by atoms with E-state index in [1.807, 2.05) is 54.4 Å². The number of rotatable bonds is 4. The fraction of sp³-hybridized carbons (Fsp3) is 0.250. The lowest BCUT2D eigenvalue weighted by Gasteiger charge is -2.36. The average molecular weight is 386 g/mol. The highest BCUT2D eigenvalue weighted by atomic mass is 16.2. The van der Waals surface area contributed by atoms with Gasteiger partial charge in [-0.2, -0.15) is 0 Å². The Balaban J connectivity index is 1.39. The third-order valence-electron chi connectivity index (χ3n) is 5.43. The maximum Gasteiger partial charge on any atom is 0.272 e. The highest BCUT2D eigenvalue weighted by Gasteiger charge is 2.23. The van der Waals surface area contributed by atoms with Crippen molar-refractivity contribution in [1.82, 2.24) is 9.88 Å². The fourth-order valence-corrected chi connectivity index (χ4v) is 3.67. The van der Waals surface area contributed by atoms with Crippen LogP contribution in [0.15, 0.2) is 72.9 Å². The van der Waals surface area contributed by atoms with E-state index in [4.69, 9.17) is 0 Å². The highest BCUT2D eigenvalue weighted by molar-refractivity contribution is 5.92. The molecule has 29 heavy (non-hydrogen) atoms. The van der Waals surface area contributed by atoms with Gasteiger partial charge in [-0.05, 0) is 48.9 Å². The summed E-state index contributed by atoms with van der Waals surface area (Å²) in [6.07, 6.45) is 1.77. The quantitative estimate of drug-likeness (QED) is 0.676. The van der Waals surface area contributed by atoms with Crippen LogP contribution in [-0.2, 0) is 0 Å². The molecule has 4 rings (SSSR count). The van der Waals surface area contributed by atoms with Gasteiger partial charge in [0.15, 0.2) is 0 Å². The normalized spacial score (nSPS) is 14.0. The predicted octanol–water partition coefficient (Wildman–Crippen LogP) is 4.12. The molecule has 148 valence electrons. The second-order valence-corrected chi connectivity index (χ2v) is 7.41. The fourth-order valence-electron chi connectivity index (χ4n) is 3.67. The topological polar surface area (TPSA) is 39.7 Å². The zero-order valence-electron chi connectivity index (χ0n) is 17.0. The molecular formula is C24H26N4O. The van der Waals surface area contributed by atoms with E-state index in [2.05, 4.69) is 46.0 Å². The molecule has 0 N–H and O–H groups in total. The van der Waals surface area contributed by atoms with Gasteiger partial charge < -0.3 is 14.7 Å². The van der Waals surface area contributed by atoms with Crippen LogP contribution in [0.3, 0.4) is 0 Å². The zero-order chi connectivity index (χ0) is 20.2. The van der Waals surface area contributed by atoms with Gasteiger partial charge in [0.25, 0.3) is 5.91 Å². The summed E-state index contributed by atoms with van der Waals surface area (Å²) in [4.78, 5) is 23.6. The number of carbonyl (C=O) groups excluding carboxylic acids is 1. The number of benzene rings is 2. The van der Waals surface area contributed by atoms with Gasteiger partial charge >= 0.3 is 0 Å². The molecule has 0 atom stereocenters. The molecule has 1 aliphatic heterocycles. The number of anilines is 3. The Kier molecular flexibility index (Phi) is 5.47. The zero-order valence-corrected chi connectivity index (χ0v) is 17.0. The van der Waals surface area contributed by atoms with Crippen LogP contribution in [0.2, 0.25) is 0 Å². The number of aromatic nitrogens is 1. The number of amides is 1. The molecule has 1 fully saturated rings. The van der Waals surface area contributed by atoms with Gasteiger partial charge in [-0.15, -0.1) is 0 Å². The highest BCUT2D eigenvalue weighted by Crippen LogP contribution is 2.23. The molecule has 5 heteroatoms. The van der Waals surface area contributed by atoms with Crippen LogP contribution in [0.1, 0.15) is 16.1 Å². The van der Waals surface area contributed by atoms with Crippen molar-refractivity contribution in [2.75, 3.05) is 43.0 Å². The minimum absolute atomic E-state index is 0.00260. The van der Waals surface area contributed by atoms with Crippen LogP contribution in [0.4, 0.5) is 17.1 Å². The molecule has 2 aromatic carbocycles. The molecule has 1 aliphatic rings. The van der Waals surface area contributed by atoms with Gasteiger partial charge in [0.2, 0.25) is 0 Å². The second kappa shape index (κ2) is 8.35. The summed E-state index contributed by atoms with van der Waals surface area (Å²) in [5.41, 5.74) is 5.02. The van der Waals surface area contributed by atoms with Crippen LogP contribution in [0, 0.1) is 6.92 Å². The van der Waals surface area contributed by atoms with Crippen molar-refractivity contribution in [3.63, 3.8) is 0 Å². The SMILES string of the molecule is Cc1cccc(N2CCN(C(=O)c3ccc(N(C)c4ccccc4)cn3)CC2)c1. The van der Waals surface area contributed by atoms with Crippen molar-refractivity contribution < 1.29 is 4.79 Å². The Morgan fingerprint density at radius 1 is 0.897 bits per heavy atom. The lowest BCUT2D eigenvalue weighted by molar-refractivity contribution is 0.0741. The minimum Gasteiger partial charge on any atom is -0.368 e. The third kappa shape index (κ3) is 4.24. The smallest absolute Gasteiger partial charge is 0.272 e. The van der Waals surface area contributed by atoms with Crippen molar-refractivity contribution in [2.45, 2.75) is 6.92 Å². The first-order valence-electron chi connectivity index (χ1n) is 9.97. The Labute approximate surface area is 172 Å². The summed E-state index contributed by atoms with van der Waals surface area (Å²) in [7, 11) is 2.00. The second-order valence-electron chi connectivity index (χ2n) is 7.41. The number of para-hydroxylation sites is 1. The van der Waals surface area contributed by atoms with Crippen LogP contribution >= 0.6 is 0 Å². The maximum atomic E-state index is 12.9. The van der Waals surface area contributed by atoms with E-state index in [-0.39, 0.29) is 5.91 Å². The number of piperazine rings is 1. The van der Waals surface area contributed by atoms with E-state index in [9.17, 15) is 4.79 Å². The maximum absolute atomic E-state index is 12.9. The number of hydrogen-bond acceptors (Lipinski definition) is 4. The average Bonchev–Trinajstić information content (AvgIpc) is 2.79. The third-order valence-corrected chi connectivity index (χ3v) is 5.43. The van der Waals surface area contributed by atoms with Crippen molar-refractivity contribution in [3.05, 3.63) is 84.2 Å². The summed E-state index contributed by atoms with van der Waals surface area (Å²) in [5, 5.41) is 0. The molecule has 5 nitrogen and oxygen atoms in total. The Hall–Kier alpha value is -3.34. The van der Waals surface area contributed by atoms with Gasteiger partial charge in [-0.3, -0.25) is 4.79 Å². The van der Waals surface area contributed by atoms with Crippen molar-refractivity contribution in [3.8, 4) is 0 Å². The molecule has 0 spiro atoms. The lowest BCUT2D eigenvalue weighted by atomic mass is 10.2. The first-order chi connectivity index (χ1) is 14.1. The van der Waals surface area contributed by atoms with Crippen molar-refractivity contribution >= 4 is 23.0 Å². The summed E-state index contributed by atoms with van der Waals surface area (Å²) >= 11 is 0. The van der Waals surface area contributed by atoms with E-state index in [1.54, 1.807) is 6.20 Å². The molecule has 0 radical (unpaired) electrons.